The Morgan fingerprint density at radius 1 is 1.10 bits per heavy atom. The van der Waals surface area contributed by atoms with E-state index < -0.39 is 0 Å². The van der Waals surface area contributed by atoms with Crippen LogP contribution >= 0.6 is 0 Å². The van der Waals surface area contributed by atoms with Gasteiger partial charge in [-0.15, -0.1) is 0 Å². The normalized spacial score (nSPS) is 26.2. The number of carbonyl (C=O) groups excluding carboxylic acids is 2. The zero-order chi connectivity index (χ0) is 22.4. The van der Waals surface area contributed by atoms with Gasteiger partial charge in [-0.2, -0.15) is 0 Å². The Labute approximate surface area is 184 Å². The lowest BCUT2D eigenvalue weighted by Gasteiger charge is -2.38. The molecule has 3 rings (SSSR count). The maximum absolute atomic E-state index is 12.2. The third-order valence-electron chi connectivity index (χ3n) is 6.62. The minimum absolute atomic E-state index is 0.0502. The lowest BCUT2D eigenvalue weighted by molar-refractivity contribution is -0.142. The number of unbranched alkanes of at least 4 members (excludes halogenated alkanes) is 1. The van der Waals surface area contributed by atoms with Gasteiger partial charge in [-0.3, -0.25) is 24.9 Å². The molecule has 0 saturated carbocycles. The number of esters is 1. The summed E-state index contributed by atoms with van der Waals surface area (Å²) in [6, 6.07) is 0.0502. The molecule has 2 atom stereocenters. The molecule has 0 bridgehead atoms. The highest BCUT2D eigenvalue weighted by atomic mass is 16.6. The molecule has 3 saturated heterocycles. The van der Waals surface area contributed by atoms with E-state index in [-0.39, 0.29) is 30.3 Å². The fourth-order valence-corrected chi connectivity index (χ4v) is 4.57. The number of guanidine groups is 1. The van der Waals surface area contributed by atoms with E-state index in [9.17, 15) is 9.59 Å². The molecule has 0 radical (unpaired) electrons. The van der Waals surface area contributed by atoms with E-state index in [1.165, 1.54) is 7.11 Å². The van der Waals surface area contributed by atoms with Crippen molar-refractivity contribution in [2.75, 3.05) is 79.6 Å². The van der Waals surface area contributed by atoms with Gasteiger partial charge >= 0.3 is 12.1 Å². The van der Waals surface area contributed by atoms with Gasteiger partial charge < -0.3 is 25.0 Å². The Balaban J connectivity index is 1.40. The van der Waals surface area contributed by atoms with E-state index in [1.54, 1.807) is 4.90 Å². The van der Waals surface area contributed by atoms with Gasteiger partial charge in [0.2, 0.25) is 0 Å². The topological polar surface area (TPSA) is 119 Å². The van der Waals surface area contributed by atoms with Crippen molar-refractivity contribution < 1.29 is 19.1 Å². The van der Waals surface area contributed by atoms with Crippen LogP contribution in [-0.4, -0.2) is 134 Å². The highest BCUT2D eigenvalue weighted by molar-refractivity contribution is 5.74. The van der Waals surface area contributed by atoms with E-state index >= 15 is 0 Å². The monoisotopic (exact) mass is 439 g/mol. The summed E-state index contributed by atoms with van der Waals surface area (Å²) in [5, 5.41) is 7.52. The predicted molar refractivity (Wildman–Crippen MR) is 116 cm³/mol. The molecule has 3 aliphatic rings. The van der Waals surface area contributed by atoms with Crippen molar-refractivity contribution in [2.24, 2.45) is 5.73 Å². The molecular weight excluding hydrogens is 402 g/mol. The summed E-state index contributed by atoms with van der Waals surface area (Å²) in [7, 11) is 3.23. The Bertz CT molecular complexity index is 633. The number of hydrogen-bond acceptors (Lipinski definition) is 8. The van der Waals surface area contributed by atoms with Crippen molar-refractivity contribution in [3.63, 3.8) is 0 Å². The summed E-state index contributed by atoms with van der Waals surface area (Å²) in [5.41, 5.74) is 5.56. The van der Waals surface area contributed by atoms with Gasteiger partial charge in [-0.25, -0.2) is 4.79 Å². The van der Waals surface area contributed by atoms with Crippen LogP contribution in [0.4, 0.5) is 4.79 Å². The molecule has 0 aromatic heterocycles. The van der Waals surface area contributed by atoms with Crippen molar-refractivity contribution in [2.45, 2.75) is 31.5 Å². The number of nitrogens with one attached hydrogen (secondary N) is 1. The van der Waals surface area contributed by atoms with Crippen LogP contribution in [-0.2, 0) is 14.3 Å². The largest absolute Gasteiger partial charge is 0.468 e. The SMILES string of the molecule is COC(=O)CN1CCN(C2OC(=O)N(C)C2CCCCN2CCN(C(=N)N)CC2)CC1. The first kappa shape index (κ1) is 23.6. The van der Waals surface area contributed by atoms with Gasteiger partial charge in [0.05, 0.1) is 19.7 Å². The van der Waals surface area contributed by atoms with E-state index in [2.05, 4.69) is 14.7 Å². The van der Waals surface area contributed by atoms with Gasteiger partial charge in [0.15, 0.2) is 12.2 Å². The van der Waals surface area contributed by atoms with Crippen LogP contribution in [0.25, 0.3) is 0 Å². The summed E-state index contributed by atoms with van der Waals surface area (Å²) >= 11 is 0. The second-order valence-corrected chi connectivity index (χ2v) is 8.55. The molecular formula is C20H37N7O4. The van der Waals surface area contributed by atoms with Crippen LogP contribution < -0.4 is 5.73 Å². The number of nitrogens with two attached hydrogens (primary N) is 1. The number of nitrogens with zero attached hydrogens (tertiary/aromatic N) is 5. The van der Waals surface area contributed by atoms with Crippen LogP contribution in [0.1, 0.15) is 19.3 Å². The van der Waals surface area contributed by atoms with Crippen LogP contribution in [0.5, 0.6) is 0 Å². The highest BCUT2D eigenvalue weighted by Crippen LogP contribution is 2.26. The number of amides is 1. The van der Waals surface area contributed by atoms with Crippen LogP contribution in [0, 0.1) is 5.41 Å². The molecule has 11 heteroatoms. The van der Waals surface area contributed by atoms with Crippen molar-refractivity contribution in [1.82, 2.24) is 24.5 Å². The Hall–Kier alpha value is -2.11. The summed E-state index contributed by atoms with van der Waals surface area (Å²) in [6.45, 7) is 7.86. The second-order valence-electron chi connectivity index (χ2n) is 8.55. The number of carbonyl (C=O) groups is 2. The maximum atomic E-state index is 12.2. The number of methoxy groups -OCH3 is 1. The number of hydrogen-bond donors (Lipinski definition) is 2. The maximum Gasteiger partial charge on any atom is 0.411 e. The van der Waals surface area contributed by atoms with Crippen LogP contribution in [0.15, 0.2) is 0 Å². The van der Waals surface area contributed by atoms with E-state index in [1.807, 2.05) is 11.9 Å². The molecule has 3 heterocycles. The first-order chi connectivity index (χ1) is 14.9. The van der Waals surface area contributed by atoms with Crippen molar-refractivity contribution in [1.29, 1.82) is 5.41 Å². The Morgan fingerprint density at radius 2 is 1.74 bits per heavy atom. The minimum atomic E-state index is -0.257. The zero-order valence-electron chi connectivity index (χ0n) is 18.8. The molecule has 0 aliphatic carbocycles. The third-order valence-corrected chi connectivity index (χ3v) is 6.62. The molecule has 0 spiro atoms. The summed E-state index contributed by atoms with van der Waals surface area (Å²) in [4.78, 5) is 34.1. The number of likely N-dealkylation sites (N-methyl/N-ethyl adjacent to an activating group) is 1. The summed E-state index contributed by atoms with van der Waals surface area (Å²) < 4.78 is 10.4. The number of cyclic esters (lactones) is 1. The molecule has 0 aromatic carbocycles. The standard InChI is InChI=1S/C20H37N7O4/c1-23-16(5-3-4-6-24-7-13-27(14-8-24)19(21)22)18(31-20(23)29)26-11-9-25(10-12-26)15-17(28)30-2/h16,18H,3-15H2,1-2H3,(H3,21,22). The van der Waals surface area contributed by atoms with Gasteiger partial charge in [-0.05, 0) is 25.8 Å². The summed E-state index contributed by atoms with van der Waals surface area (Å²) in [6.07, 6.45) is 2.52. The molecule has 3 N–H and O–H groups in total. The van der Waals surface area contributed by atoms with Gasteiger partial charge in [0, 0.05) is 59.4 Å². The predicted octanol–water partition coefficient (Wildman–Crippen LogP) is -0.765. The van der Waals surface area contributed by atoms with E-state index in [4.69, 9.17) is 20.6 Å². The third kappa shape index (κ3) is 6.20. The van der Waals surface area contributed by atoms with Crippen molar-refractivity contribution in [3.8, 4) is 0 Å². The van der Waals surface area contributed by atoms with Crippen molar-refractivity contribution in [3.05, 3.63) is 0 Å². The first-order valence-electron chi connectivity index (χ1n) is 11.2. The average molecular weight is 440 g/mol. The van der Waals surface area contributed by atoms with E-state index in [0.717, 1.165) is 78.2 Å². The zero-order valence-corrected chi connectivity index (χ0v) is 18.8. The van der Waals surface area contributed by atoms with Gasteiger partial charge in [0.25, 0.3) is 0 Å². The number of piperazine rings is 2. The van der Waals surface area contributed by atoms with Crippen LogP contribution in [0.3, 0.4) is 0 Å². The molecule has 11 nitrogen and oxygen atoms in total. The lowest BCUT2D eigenvalue weighted by Crippen LogP contribution is -2.54. The fourth-order valence-electron chi connectivity index (χ4n) is 4.57. The molecule has 31 heavy (non-hydrogen) atoms. The fraction of sp³-hybridized carbons (Fsp3) is 0.850. The smallest absolute Gasteiger partial charge is 0.411 e. The number of rotatable bonds is 8. The number of ether oxygens (including phenoxy) is 2. The molecule has 3 fully saturated rings. The Morgan fingerprint density at radius 3 is 2.35 bits per heavy atom. The van der Waals surface area contributed by atoms with E-state index in [0.29, 0.717) is 6.54 Å². The van der Waals surface area contributed by atoms with Gasteiger partial charge in [-0.1, -0.05) is 0 Å². The van der Waals surface area contributed by atoms with Crippen molar-refractivity contribution >= 4 is 18.0 Å². The average Bonchev–Trinajstić information content (AvgIpc) is 3.05. The second kappa shape index (κ2) is 11.0. The molecule has 176 valence electrons. The minimum Gasteiger partial charge on any atom is -0.468 e. The van der Waals surface area contributed by atoms with Gasteiger partial charge in [0.1, 0.15) is 0 Å². The molecule has 0 aromatic rings. The molecule has 3 aliphatic heterocycles. The summed E-state index contributed by atoms with van der Waals surface area (Å²) in [5.74, 6) is -0.0631. The first-order valence-corrected chi connectivity index (χ1v) is 11.2. The van der Waals surface area contributed by atoms with Crippen LogP contribution in [0.2, 0.25) is 0 Å². The lowest BCUT2D eigenvalue weighted by atomic mass is 10.1. The molecule has 1 amide bonds. The molecule has 2 unspecified atom stereocenters. The Kier molecular flexibility index (Phi) is 8.33. The quantitative estimate of drug-likeness (QED) is 0.218. The highest BCUT2D eigenvalue weighted by Gasteiger charge is 2.43.